The molecular weight excluding hydrogens is 228 g/mol. The first-order valence-electron chi connectivity index (χ1n) is 5.01. The van der Waals surface area contributed by atoms with Crippen molar-refractivity contribution < 1.29 is 5.11 Å². The largest absolute Gasteiger partial charge is 0.392 e. The number of aliphatic hydroxyl groups excluding tert-OH is 1. The van der Waals surface area contributed by atoms with E-state index in [9.17, 15) is 5.11 Å². The molecule has 3 heteroatoms. The lowest BCUT2D eigenvalue weighted by atomic mass is 10.0. The molecule has 1 nitrogen and oxygen atoms in total. The van der Waals surface area contributed by atoms with Gasteiger partial charge in [0.15, 0.2) is 0 Å². The second-order valence-corrected chi connectivity index (χ2v) is 5.29. The van der Waals surface area contributed by atoms with Crippen molar-refractivity contribution in [1.29, 1.82) is 0 Å². The Bertz CT molecular complexity index is 364. The van der Waals surface area contributed by atoms with Gasteiger partial charge in [0.2, 0.25) is 0 Å². The van der Waals surface area contributed by atoms with Gasteiger partial charge in [-0.2, -0.15) is 0 Å². The van der Waals surface area contributed by atoms with E-state index in [-0.39, 0.29) is 11.4 Å². The molecule has 15 heavy (non-hydrogen) atoms. The molecule has 0 saturated carbocycles. The average molecular weight is 241 g/mol. The van der Waals surface area contributed by atoms with Crippen LogP contribution in [0.4, 0.5) is 0 Å². The number of allylic oxidation sites excluding steroid dienone is 1. The second-order valence-electron chi connectivity index (χ2n) is 3.60. The van der Waals surface area contributed by atoms with Crippen molar-refractivity contribution in [2.45, 2.75) is 29.1 Å². The molecule has 0 bridgehead atoms. The van der Waals surface area contributed by atoms with Crippen LogP contribution in [0, 0.1) is 0 Å². The van der Waals surface area contributed by atoms with Crippen molar-refractivity contribution in [3.8, 4) is 0 Å². The van der Waals surface area contributed by atoms with E-state index in [1.165, 1.54) is 0 Å². The molecule has 0 amide bonds. The van der Waals surface area contributed by atoms with E-state index in [0.29, 0.717) is 0 Å². The van der Waals surface area contributed by atoms with Crippen LogP contribution >= 0.6 is 23.4 Å². The van der Waals surface area contributed by atoms with E-state index in [4.69, 9.17) is 11.6 Å². The third-order valence-corrected chi connectivity index (χ3v) is 4.32. The standard InChI is InChI=1S/C12H13ClOS/c13-9-5-1-3-7-11(9)15-12-8-4-2-6-10(12)14/h1-5,7,10,12,14H,6,8H2/t10-,12-/m0/s1. The lowest BCUT2D eigenvalue weighted by molar-refractivity contribution is 0.170. The zero-order valence-corrected chi connectivity index (χ0v) is 9.84. The summed E-state index contributed by atoms with van der Waals surface area (Å²) in [5.74, 6) is 0. The second kappa shape index (κ2) is 5.06. The van der Waals surface area contributed by atoms with Gasteiger partial charge in [-0.3, -0.25) is 0 Å². The van der Waals surface area contributed by atoms with E-state index >= 15 is 0 Å². The molecular formula is C12H13ClOS. The zero-order chi connectivity index (χ0) is 10.7. The summed E-state index contributed by atoms with van der Waals surface area (Å²) in [7, 11) is 0. The first-order valence-corrected chi connectivity index (χ1v) is 6.27. The number of benzene rings is 1. The van der Waals surface area contributed by atoms with Gasteiger partial charge in [-0.05, 0) is 25.0 Å². The van der Waals surface area contributed by atoms with Gasteiger partial charge in [-0.1, -0.05) is 35.9 Å². The fraction of sp³-hybridized carbons (Fsp3) is 0.333. The molecule has 1 aromatic carbocycles. The fourth-order valence-corrected chi connectivity index (χ4v) is 3.01. The highest BCUT2D eigenvalue weighted by molar-refractivity contribution is 8.00. The van der Waals surface area contributed by atoms with Crippen molar-refractivity contribution in [2.75, 3.05) is 0 Å². The average Bonchev–Trinajstić information content (AvgIpc) is 2.24. The molecule has 0 aromatic heterocycles. The molecule has 2 rings (SSSR count). The van der Waals surface area contributed by atoms with Crippen LogP contribution in [0.25, 0.3) is 0 Å². The van der Waals surface area contributed by atoms with Crippen LogP contribution in [-0.4, -0.2) is 16.5 Å². The molecule has 1 N–H and O–H groups in total. The van der Waals surface area contributed by atoms with Crippen molar-refractivity contribution in [1.82, 2.24) is 0 Å². The molecule has 1 aromatic rings. The minimum atomic E-state index is -0.253. The summed E-state index contributed by atoms with van der Waals surface area (Å²) in [6.07, 6.45) is 5.57. The first-order chi connectivity index (χ1) is 7.27. The number of hydrogen-bond donors (Lipinski definition) is 1. The highest BCUT2D eigenvalue weighted by Crippen LogP contribution is 2.35. The van der Waals surface area contributed by atoms with Gasteiger partial charge in [0.25, 0.3) is 0 Å². The lowest BCUT2D eigenvalue weighted by Gasteiger charge is -2.23. The van der Waals surface area contributed by atoms with Crippen LogP contribution in [0.5, 0.6) is 0 Å². The van der Waals surface area contributed by atoms with Crippen molar-refractivity contribution in [3.05, 3.63) is 41.4 Å². The maximum atomic E-state index is 9.81. The molecule has 0 fully saturated rings. The molecule has 1 aliphatic rings. The van der Waals surface area contributed by atoms with Gasteiger partial charge in [-0.15, -0.1) is 11.8 Å². The van der Waals surface area contributed by atoms with Gasteiger partial charge >= 0.3 is 0 Å². The molecule has 1 aliphatic carbocycles. The summed E-state index contributed by atoms with van der Waals surface area (Å²) in [5.41, 5.74) is 0. The van der Waals surface area contributed by atoms with Crippen LogP contribution in [0.15, 0.2) is 41.3 Å². The Hall–Kier alpha value is -0.440. The Morgan fingerprint density at radius 3 is 2.67 bits per heavy atom. The van der Waals surface area contributed by atoms with Gasteiger partial charge in [0, 0.05) is 10.1 Å². The Kier molecular flexibility index (Phi) is 3.73. The Labute approximate surface area is 99.1 Å². The quantitative estimate of drug-likeness (QED) is 0.799. The van der Waals surface area contributed by atoms with Crippen LogP contribution in [0.1, 0.15) is 12.8 Å². The summed E-state index contributed by atoms with van der Waals surface area (Å²) in [6.45, 7) is 0. The third kappa shape index (κ3) is 2.77. The van der Waals surface area contributed by atoms with Crippen molar-refractivity contribution >= 4 is 23.4 Å². The smallest absolute Gasteiger partial charge is 0.0699 e. The summed E-state index contributed by atoms with van der Waals surface area (Å²) < 4.78 is 0. The van der Waals surface area contributed by atoms with Crippen LogP contribution in [-0.2, 0) is 0 Å². The molecule has 0 radical (unpaired) electrons. The van der Waals surface area contributed by atoms with E-state index in [1.54, 1.807) is 11.8 Å². The van der Waals surface area contributed by atoms with Gasteiger partial charge in [-0.25, -0.2) is 0 Å². The predicted molar refractivity (Wildman–Crippen MR) is 65.5 cm³/mol. The lowest BCUT2D eigenvalue weighted by Crippen LogP contribution is -2.24. The van der Waals surface area contributed by atoms with Crippen LogP contribution in [0.2, 0.25) is 5.02 Å². The summed E-state index contributed by atoms with van der Waals surface area (Å²) >= 11 is 7.74. The van der Waals surface area contributed by atoms with E-state index < -0.39 is 0 Å². The first kappa shape index (κ1) is 11.1. The third-order valence-electron chi connectivity index (χ3n) is 2.46. The van der Waals surface area contributed by atoms with Crippen molar-refractivity contribution in [3.63, 3.8) is 0 Å². The molecule has 0 spiro atoms. The summed E-state index contributed by atoms with van der Waals surface area (Å²) in [5, 5.41) is 10.8. The summed E-state index contributed by atoms with van der Waals surface area (Å²) in [6, 6.07) is 7.77. The number of rotatable bonds is 2. The number of halogens is 1. The molecule has 0 unspecified atom stereocenters. The molecule has 80 valence electrons. The normalized spacial score (nSPS) is 25.5. The predicted octanol–water partition coefficient (Wildman–Crippen LogP) is 3.51. The minimum absolute atomic E-state index is 0.231. The molecule has 2 atom stereocenters. The number of hydrogen-bond acceptors (Lipinski definition) is 2. The molecule has 0 heterocycles. The van der Waals surface area contributed by atoms with Gasteiger partial charge in [0.05, 0.1) is 11.1 Å². The zero-order valence-electron chi connectivity index (χ0n) is 8.27. The monoisotopic (exact) mass is 240 g/mol. The Morgan fingerprint density at radius 2 is 1.93 bits per heavy atom. The van der Waals surface area contributed by atoms with E-state index in [0.717, 1.165) is 22.8 Å². The number of thioether (sulfide) groups is 1. The Balaban J connectivity index is 2.08. The highest BCUT2D eigenvalue weighted by Gasteiger charge is 2.21. The molecule has 0 aliphatic heterocycles. The highest BCUT2D eigenvalue weighted by atomic mass is 35.5. The van der Waals surface area contributed by atoms with Gasteiger partial charge in [0.1, 0.15) is 0 Å². The maximum Gasteiger partial charge on any atom is 0.0699 e. The fourth-order valence-electron chi connectivity index (χ4n) is 1.60. The molecule has 0 saturated heterocycles. The van der Waals surface area contributed by atoms with Crippen molar-refractivity contribution in [2.24, 2.45) is 0 Å². The van der Waals surface area contributed by atoms with E-state index in [2.05, 4.69) is 6.08 Å². The van der Waals surface area contributed by atoms with Crippen LogP contribution in [0.3, 0.4) is 0 Å². The topological polar surface area (TPSA) is 20.2 Å². The van der Waals surface area contributed by atoms with Gasteiger partial charge < -0.3 is 5.11 Å². The number of aliphatic hydroxyl groups is 1. The van der Waals surface area contributed by atoms with Crippen LogP contribution < -0.4 is 0 Å². The Morgan fingerprint density at radius 1 is 1.20 bits per heavy atom. The SMILES string of the molecule is O[C@H]1CC=CC[C@@H]1Sc1ccccc1Cl. The maximum absolute atomic E-state index is 9.81. The summed E-state index contributed by atoms with van der Waals surface area (Å²) in [4.78, 5) is 1.05. The van der Waals surface area contributed by atoms with E-state index in [1.807, 2.05) is 30.3 Å². The minimum Gasteiger partial charge on any atom is -0.392 e.